The van der Waals surface area contributed by atoms with Gasteiger partial charge in [0.1, 0.15) is 0 Å². The third-order valence-electron chi connectivity index (χ3n) is 2.05. The Morgan fingerprint density at radius 3 is 2.53 bits per heavy atom. The van der Waals surface area contributed by atoms with Crippen molar-refractivity contribution in [2.75, 3.05) is 0 Å². The van der Waals surface area contributed by atoms with Gasteiger partial charge in [0.2, 0.25) is 0 Å². The van der Waals surface area contributed by atoms with Crippen LogP contribution in [0.1, 0.15) is 24.8 Å². The number of aliphatic carboxylic acids is 1. The molecule has 1 unspecified atom stereocenters. The van der Waals surface area contributed by atoms with Crippen molar-refractivity contribution >= 4 is 17.6 Å². The molecule has 0 bridgehead atoms. The Hall–Kier alpha value is -1.16. The Kier molecular flexibility index (Phi) is 3.63. The first-order valence-corrected chi connectivity index (χ1v) is 4.66. The van der Waals surface area contributed by atoms with Crippen molar-refractivity contribution in [2.45, 2.75) is 19.3 Å². The van der Waals surface area contributed by atoms with Gasteiger partial charge in [0, 0.05) is 5.02 Å². The maximum absolute atomic E-state index is 12.9. The van der Waals surface area contributed by atoms with Crippen LogP contribution in [0.3, 0.4) is 0 Å². The highest BCUT2D eigenvalue weighted by Crippen LogP contribution is 2.28. The number of hydrogen-bond acceptors (Lipinski definition) is 1. The zero-order valence-corrected chi connectivity index (χ0v) is 8.68. The first-order chi connectivity index (χ1) is 6.91. The molecule has 15 heavy (non-hydrogen) atoms. The molecule has 1 rings (SSSR count). The lowest BCUT2D eigenvalue weighted by Gasteiger charge is -2.11. The minimum absolute atomic E-state index is 0.0441. The van der Waals surface area contributed by atoms with E-state index >= 15 is 0 Å². The van der Waals surface area contributed by atoms with Crippen LogP contribution in [0.2, 0.25) is 5.02 Å². The zero-order chi connectivity index (χ0) is 11.6. The minimum Gasteiger partial charge on any atom is -0.481 e. The predicted molar refractivity (Wildman–Crippen MR) is 52.0 cm³/mol. The molecule has 1 N–H and O–H groups in total. The van der Waals surface area contributed by atoms with Gasteiger partial charge in [-0.05, 0) is 23.6 Å². The molecule has 2 nitrogen and oxygen atoms in total. The minimum atomic E-state index is -1.04. The SMILES string of the molecule is CC(CC(=O)O)c1cc(F)c(F)cc1Cl. The summed E-state index contributed by atoms with van der Waals surface area (Å²) in [5, 5.41) is 8.59. The second-order valence-electron chi connectivity index (χ2n) is 3.29. The van der Waals surface area contributed by atoms with Crippen molar-refractivity contribution in [3.63, 3.8) is 0 Å². The van der Waals surface area contributed by atoms with E-state index in [-0.39, 0.29) is 11.4 Å². The van der Waals surface area contributed by atoms with Crippen molar-refractivity contribution < 1.29 is 18.7 Å². The summed E-state index contributed by atoms with van der Waals surface area (Å²) in [7, 11) is 0. The molecule has 1 aromatic rings. The van der Waals surface area contributed by atoms with Crippen LogP contribution in [0.15, 0.2) is 12.1 Å². The largest absolute Gasteiger partial charge is 0.481 e. The Morgan fingerprint density at radius 1 is 1.47 bits per heavy atom. The number of benzene rings is 1. The first kappa shape index (κ1) is 11.9. The van der Waals surface area contributed by atoms with Crippen molar-refractivity contribution in [2.24, 2.45) is 0 Å². The summed E-state index contributed by atoms with van der Waals surface area (Å²) in [6.45, 7) is 1.59. The van der Waals surface area contributed by atoms with Crippen molar-refractivity contribution in [1.29, 1.82) is 0 Å². The fraction of sp³-hybridized carbons (Fsp3) is 0.300. The molecule has 0 fully saturated rings. The summed E-state index contributed by atoms with van der Waals surface area (Å²) in [5.74, 6) is -3.52. The summed E-state index contributed by atoms with van der Waals surface area (Å²) in [6, 6.07) is 1.79. The second-order valence-corrected chi connectivity index (χ2v) is 3.69. The Balaban J connectivity index is 3.03. The number of rotatable bonds is 3. The highest BCUT2D eigenvalue weighted by molar-refractivity contribution is 6.31. The molecular weight excluding hydrogens is 226 g/mol. The van der Waals surface area contributed by atoms with Gasteiger partial charge in [0.05, 0.1) is 6.42 Å². The molecule has 0 radical (unpaired) electrons. The van der Waals surface area contributed by atoms with E-state index in [4.69, 9.17) is 16.7 Å². The number of carboxylic acids is 1. The van der Waals surface area contributed by atoms with E-state index in [1.165, 1.54) is 0 Å². The highest BCUT2D eigenvalue weighted by atomic mass is 35.5. The molecule has 0 spiro atoms. The molecule has 82 valence electrons. The summed E-state index contributed by atoms with van der Waals surface area (Å²) >= 11 is 5.68. The molecule has 0 aliphatic rings. The van der Waals surface area contributed by atoms with E-state index in [0.29, 0.717) is 5.56 Å². The molecule has 0 aliphatic carbocycles. The molecule has 0 amide bonds. The van der Waals surface area contributed by atoms with Crippen LogP contribution in [0.4, 0.5) is 8.78 Å². The van der Waals surface area contributed by atoms with Crippen LogP contribution in [0, 0.1) is 11.6 Å². The van der Waals surface area contributed by atoms with E-state index in [1.54, 1.807) is 6.92 Å². The number of halogens is 3. The highest BCUT2D eigenvalue weighted by Gasteiger charge is 2.16. The van der Waals surface area contributed by atoms with Gasteiger partial charge in [-0.25, -0.2) is 8.78 Å². The van der Waals surface area contributed by atoms with Gasteiger partial charge in [0.25, 0.3) is 0 Å². The van der Waals surface area contributed by atoms with E-state index in [9.17, 15) is 13.6 Å². The Labute approximate surface area is 90.5 Å². The monoisotopic (exact) mass is 234 g/mol. The molecule has 5 heteroatoms. The smallest absolute Gasteiger partial charge is 0.303 e. The normalized spacial score (nSPS) is 12.5. The van der Waals surface area contributed by atoms with Gasteiger partial charge >= 0.3 is 5.97 Å². The molecule has 0 heterocycles. The molecule has 0 aliphatic heterocycles. The predicted octanol–water partition coefficient (Wildman–Crippen LogP) is 3.20. The van der Waals surface area contributed by atoms with Crippen LogP contribution >= 0.6 is 11.6 Å². The summed E-state index contributed by atoms with van der Waals surface area (Å²) < 4.78 is 25.6. The van der Waals surface area contributed by atoms with Crippen LogP contribution in [-0.2, 0) is 4.79 Å². The molecule has 1 atom stereocenters. The van der Waals surface area contributed by atoms with Gasteiger partial charge in [0.15, 0.2) is 11.6 Å². The van der Waals surface area contributed by atoms with E-state index < -0.39 is 23.5 Å². The quantitative estimate of drug-likeness (QED) is 0.816. The summed E-state index contributed by atoms with van der Waals surface area (Å²) in [4.78, 5) is 10.4. The van der Waals surface area contributed by atoms with Crippen LogP contribution in [0.25, 0.3) is 0 Å². The average molecular weight is 235 g/mol. The lowest BCUT2D eigenvalue weighted by molar-refractivity contribution is -0.137. The maximum atomic E-state index is 12.9. The van der Waals surface area contributed by atoms with Crippen LogP contribution in [-0.4, -0.2) is 11.1 Å². The van der Waals surface area contributed by atoms with E-state index in [1.807, 2.05) is 0 Å². The third kappa shape index (κ3) is 2.89. The van der Waals surface area contributed by atoms with E-state index in [0.717, 1.165) is 12.1 Å². The van der Waals surface area contributed by atoms with Crippen molar-refractivity contribution in [3.05, 3.63) is 34.4 Å². The Bertz CT molecular complexity index is 393. The lowest BCUT2D eigenvalue weighted by Crippen LogP contribution is -2.04. The number of carboxylic acid groups (broad SMARTS) is 1. The molecule has 0 saturated heterocycles. The standard InChI is InChI=1S/C10H9ClF2O2/c1-5(2-10(14)15)6-3-8(12)9(13)4-7(6)11/h3-5H,2H2,1H3,(H,14,15). The van der Waals surface area contributed by atoms with Crippen molar-refractivity contribution in [1.82, 2.24) is 0 Å². The lowest BCUT2D eigenvalue weighted by atomic mass is 9.97. The van der Waals surface area contributed by atoms with Gasteiger partial charge in [-0.1, -0.05) is 18.5 Å². The second kappa shape index (κ2) is 4.57. The van der Waals surface area contributed by atoms with Crippen molar-refractivity contribution in [3.8, 4) is 0 Å². The molecule has 0 aromatic heterocycles. The van der Waals surface area contributed by atoms with Gasteiger partial charge < -0.3 is 5.11 Å². The molecular formula is C10H9ClF2O2. The van der Waals surface area contributed by atoms with Gasteiger partial charge in [-0.3, -0.25) is 4.79 Å². The summed E-state index contributed by atoms with van der Waals surface area (Å²) in [6.07, 6.45) is -0.176. The fourth-order valence-corrected chi connectivity index (χ4v) is 1.62. The number of carbonyl (C=O) groups is 1. The number of hydrogen-bond donors (Lipinski definition) is 1. The topological polar surface area (TPSA) is 37.3 Å². The van der Waals surface area contributed by atoms with Crippen LogP contribution in [0.5, 0.6) is 0 Å². The average Bonchev–Trinajstić information content (AvgIpc) is 2.09. The third-order valence-corrected chi connectivity index (χ3v) is 2.38. The van der Waals surface area contributed by atoms with Crippen LogP contribution < -0.4 is 0 Å². The Morgan fingerprint density at radius 2 is 2.00 bits per heavy atom. The molecule has 0 saturated carbocycles. The van der Waals surface area contributed by atoms with E-state index in [2.05, 4.69) is 0 Å². The maximum Gasteiger partial charge on any atom is 0.303 e. The van der Waals surface area contributed by atoms with Gasteiger partial charge in [-0.15, -0.1) is 0 Å². The fourth-order valence-electron chi connectivity index (χ4n) is 1.29. The zero-order valence-electron chi connectivity index (χ0n) is 7.93. The summed E-state index contributed by atoms with van der Waals surface area (Å²) in [5.41, 5.74) is 0.304. The first-order valence-electron chi connectivity index (χ1n) is 4.28. The molecule has 1 aromatic carbocycles. The van der Waals surface area contributed by atoms with Gasteiger partial charge in [-0.2, -0.15) is 0 Å².